The largest absolute Gasteiger partial charge is 0.490 e. The first-order chi connectivity index (χ1) is 12.6. The van der Waals surface area contributed by atoms with E-state index in [9.17, 15) is 9.59 Å². The molecule has 1 fully saturated rings. The van der Waals surface area contributed by atoms with Crippen LogP contribution in [-0.4, -0.2) is 17.9 Å². The third-order valence-corrected chi connectivity index (χ3v) is 4.42. The fourth-order valence-electron chi connectivity index (χ4n) is 3.13. The molecule has 2 aromatic carbocycles. The van der Waals surface area contributed by atoms with Crippen LogP contribution in [-0.2, 0) is 11.3 Å². The molecule has 0 aromatic heterocycles. The summed E-state index contributed by atoms with van der Waals surface area (Å²) in [6, 6.07) is 14.7. The van der Waals surface area contributed by atoms with Crippen LogP contribution in [0.3, 0.4) is 0 Å². The van der Waals surface area contributed by atoms with Crippen molar-refractivity contribution in [3.05, 3.63) is 59.7 Å². The van der Waals surface area contributed by atoms with Crippen LogP contribution in [0, 0.1) is 0 Å². The summed E-state index contributed by atoms with van der Waals surface area (Å²) in [5.74, 6) is 0.560. The maximum Gasteiger partial charge on any atom is 0.251 e. The maximum atomic E-state index is 12.3. The number of nitrogens with one attached hydrogen (secondary N) is 2. The Kier molecular flexibility index (Phi) is 5.89. The van der Waals surface area contributed by atoms with Gasteiger partial charge in [0, 0.05) is 24.7 Å². The van der Waals surface area contributed by atoms with E-state index in [0.717, 1.165) is 29.8 Å². The van der Waals surface area contributed by atoms with Crippen LogP contribution in [0.2, 0.25) is 0 Å². The summed E-state index contributed by atoms with van der Waals surface area (Å²) in [5.41, 5.74) is 2.24. The summed E-state index contributed by atoms with van der Waals surface area (Å²) in [6.45, 7) is 1.86. The average molecular weight is 352 g/mol. The molecule has 1 aliphatic rings. The Morgan fingerprint density at radius 3 is 2.50 bits per heavy atom. The number of benzene rings is 2. The van der Waals surface area contributed by atoms with E-state index in [1.54, 1.807) is 12.1 Å². The lowest BCUT2D eigenvalue weighted by Crippen LogP contribution is -2.22. The molecule has 2 aromatic rings. The van der Waals surface area contributed by atoms with Gasteiger partial charge in [-0.3, -0.25) is 9.59 Å². The second-order valence-corrected chi connectivity index (χ2v) is 6.61. The molecule has 0 spiro atoms. The van der Waals surface area contributed by atoms with Gasteiger partial charge < -0.3 is 15.4 Å². The first-order valence-corrected chi connectivity index (χ1v) is 9.01. The van der Waals surface area contributed by atoms with Crippen LogP contribution < -0.4 is 15.4 Å². The predicted molar refractivity (Wildman–Crippen MR) is 101 cm³/mol. The van der Waals surface area contributed by atoms with Crippen molar-refractivity contribution in [3.63, 3.8) is 0 Å². The monoisotopic (exact) mass is 352 g/mol. The van der Waals surface area contributed by atoms with Crippen molar-refractivity contribution >= 4 is 17.5 Å². The average Bonchev–Trinajstić information content (AvgIpc) is 3.13. The highest BCUT2D eigenvalue weighted by molar-refractivity contribution is 5.94. The van der Waals surface area contributed by atoms with Crippen LogP contribution in [0.5, 0.6) is 5.75 Å². The highest BCUT2D eigenvalue weighted by Crippen LogP contribution is 2.24. The quantitative estimate of drug-likeness (QED) is 0.829. The Labute approximate surface area is 153 Å². The van der Waals surface area contributed by atoms with Crippen molar-refractivity contribution in [1.82, 2.24) is 5.32 Å². The molecule has 0 saturated heterocycles. The smallest absolute Gasteiger partial charge is 0.251 e. The van der Waals surface area contributed by atoms with E-state index in [-0.39, 0.29) is 11.8 Å². The highest BCUT2D eigenvalue weighted by Gasteiger charge is 2.16. The molecule has 1 aliphatic carbocycles. The first-order valence-electron chi connectivity index (χ1n) is 9.01. The van der Waals surface area contributed by atoms with E-state index in [2.05, 4.69) is 10.6 Å². The van der Waals surface area contributed by atoms with Gasteiger partial charge in [0.15, 0.2) is 0 Å². The zero-order valence-corrected chi connectivity index (χ0v) is 15.0. The summed E-state index contributed by atoms with van der Waals surface area (Å²) >= 11 is 0. The van der Waals surface area contributed by atoms with Crippen molar-refractivity contribution in [3.8, 4) is 5.75 Å². The Morgan fingerprint density at radius 1 is 1.08 bits per heavy atom. The van der Waals surface area contributed by atoms with Crippen LogP contribution in [0.25, 0.3) is 0 Å². The Balaban J connectivity index is 1.53. The van der Waals surface area contributed by atoms with Gasteiger partial charge in [0.25, 0.3) is 5.91 Å². The van der Waals surface area contributed by atoms with Gasteiger partial charge in [0.2, 0.25) is 5.91 Å². The molecule has 0 heterocycles. The lowest BCUT2D eigenvalue weighted by molar-refractivity contribution is -0.114. The van der Waals surface area contributed by atoms with Gasteiger partial charge in [-0.05, 0) is 67.6 Å². The summed E-state index contributed by atoms with van der Waals surface area (Å²) in [7, 11) is 0. The third kappa shape index (κ3) is 5.09. The molecule has 0 bridgehead atoms. The first kappa shape index (κ1) is 18.0. The van der Waals surface area contributed by atoms with E-state index in [1.807, 2.05) is 36.4 Å². The van der Waals surface area contributed by atoms with E-state index in [0.29, 0.717) is 18.2 Å². The summed E-state index contributed by atoms with van der Waals surface area (Å²) in [5, 5.41) is 5.63. The fraction of sp³-hybridized carbons (Fsp3) is 0.333. The highest BCUT2D eigenvalue weighted by atomic mass is 16.5. The molecule has 26 heavy (non-hydrogen) atoms. The van der Waals surface area contributed by atoms with Gasteiger partial charge in [-0.2, -0.15) is 0 Å². The minimum absolute atomic E-state index is 0.119. The fourth-order valence-corrected chi connectivity index (χ4v) is 3.13. The summed E-state index contributed by atoms with van der Waals surface area (Å²) in [4.78, 5) is 23.4. The number of amides is 2. The number of hydrogen-bond acceptors (Lipinski definition) is 3. The van der Waals surface area contributed by atoms with Crippen LogP contribution in [0.4, 0.5) is 5.69 Å². The minimum atomic E-state index is -0.137. The molecule has 2 amide bonds. The molecular weight excluding hydrogens is 328 g/mol. The van der Waals surface area contributed by atoms with E-state index >= 15 is 0 Å². The lowest BCUT2D eigenvalue weighted by atomic mass is 10.1. The normalized spacial score (nSPS) is 14.0. The van der Waals surface area contributed by atoms with Crippen molar-refractivity contribution < 1.29 is 14.3 Å². The SMILES string of the molecule is CC(=O)Nc1cccc(CNC(=O)c2ccc(OC3CCCC3)cc2)c1. The van der Waals surface area contributed by atoms with Gasteiger partial charge in [-0.25, -0.2) is 0 Å². The predicted octanol–water partition coefficient (Wildman–Crippen LogP) is 3.90. The molecule has 1 saturated carbocycles. The Bertz CT molecular complexity index is 765. The van der Waals surface area contributed by atoms with Crippen LogP contribution in [0.1, 0.15) is 48.5 Å². The molecule has 0 unspecified atom stereocenters. The standard InChI is InChI=1S/C21H24N2O3/c1-15(24)23-18-6-4-5-16(13-18)14-22-21(25)17-9-11-20(12-10-17)26-19-7-2-3-8-19/h4-6,9-13,19H,2-3,7-8,14H2,1H3,(H,22,25)(H,23,24). The molecular formula is C21H24N2O3. The Hall–Kier alpha value is -2.82. The lowest BCUT2D eigenvalue weighted by Gasteiger charge is -2.13. The second kappa shape index (κ2) is 8.52. The molecule has 2 N–H and O–H groups in total. The van der Waals surface area contributed by atoms with Gasteiger partial charge in [-0.1, -0.05) is 12.1 Å². The third-order valence-electron chi connectivity index (χ3n) is 4.42. The summed E-state index contributed by atoms with van der Waals surface area (Å²) < 4.78 is 5.92. The molecule has 0 aliphatic heterocycles. The van der Waals surface area contributed by atoms with E-state index in [1.165, 1.54) is 19.8 Å². The number of carbonyl (C=O) groups is 2. The van der Waals surface area contributed by atoms with Crippen LogP contribution >= 0.6 is 0 Å². The zero-order valence-electron chi connectivity index (χ0n) is 15.0. The van der Waals surface area contributed by atoms with E-state index < -0.39 is 0 Å². The van der Waals surface area contributed by atoms with Crippen molar-refractivity contribution in [2.75, 3.05) is 5.32 Å². The van der Waals surface area contributed by atoms with Gasteiger partial charge in [0.05, 0.1) is 6.10 Å². The van der Waals surface area contributed by atoms with Gasteiger partial charge in [0.1, 0.15) is 5.75 Å². The number of hydrogen-bond donors (Lipinski definition) is 2. The van der Waals surface area contributed by atoms with Crippen molar-refractivity contribution in [1.29, 1.82) is 0 Å². The van der Waals surface area contributed by atoms with Gasteiger partial charge >= 0.3 is 0 Å². The molecule has 0 radical (unpaired) electrons. The zero-order chi connectivity index (χ0) is 18.4. The van der Waals surface area contributed by atoms with Crippen molar-refractivity contribution in [2.24, 2.45) is 0 Å². The number of rotatable bonds is 6. The van der Waals surface area contributed by atoms with Crippen LogP contribution in [0.15, 0.2) is 48.5 Å². The number of ether oxygens (including phenoxy) is 1. The molecule has 5 nitrogen and oxygen atoms in total. The Morgan fingerprint density at radius 2 is 1.81 bits per heavy atom. The van der Waals surface area contributed by atoms with Gasteiger partial charge in [-0.15, -0.1) is 0 Å². The van der Waals surface area contributed by atoms with Crippen molar-refractivity contribution in [2.45, 2.75) is 45.3 Å². The molecule has 3 rings (SSSR count). The summed E-state index contributed by atoms with van der Waals surface area (Å²) in [6.07, 6.45) is 4.99. The number of carbonyl (C=O) groups excluding carboxylic acids is 2. The topological polar surface area (TPSA) is 67.4 Å². The van der Waals surface area contributed by atoms with E-state index in [4.69, 9.17) is 4.74 Å². The molecule has 5 heteroatoms. The molecule has 0 atom stereocenters. The minimum Gasteiger partial charge on any atom is -0.490 e. The number of anilines is 1. The second-order valence-electron chi connectivity index (χ2n) is 6.61. The maximum absolute atomic E-state index is 12.3. The molecule has 136 valence electrons.